The van der Waals surface area contributed by atoms with Crippen molar-refractivity contribution in [2.45, 2.75) is 44.7 Å². The monoisotopic (exact) mass is 392 g/mol. The van der Waals surface area contributed by atoms with Crippen molar-refractivity contribution in [2.24, 2.45) is 0 Å². The van der Waals surface area contributed by atoms with Gasteiger partial charge in [0.2, 0.25) is 0 Å². The third-order valence-electron chi connectivity index (χ3n) is 6.22. The van der Waals surface area contributed by atoms with Crippen molar-refractivity contribution in [1.29, 1.82) is 0 Å². The zero-order valence-electron chi connectivity index (χ0n) is 16.9. The maximum Gasteiger partial charge on any atom is 0.337 e. The van der Waals surface area contributed by atoms with Gasteiger partial charge in [-0.25, -0.2) is 4.79 Å². The van der Waals surface area contributed by atoms with Crippen molar-refractivity contribution in [3.05, 3.63) is 70.3 Å². The first-order valence-electron chi connectivity index (χ1n) is 10.5. The molecule has 0 radical (unpaired) electrons. The van der Waals surface area contributed by atoms with Gasteiger partial charge >= 0.3 is 5.97 Å². The number of hydrogen-bond donors (Lipinski definition) is 1. The summed E-state index contributed by atoms with van der Waals surface area (Å²) in [5.41, 5.74) is 4.84. The molecular weight excluding hydrogens is 364 g/mol. The fourth-order valence-corrected chi connectivity index (χ4v) is 4.16. The maximum atomic E-state index is 12.6. The van der Waals surface area contributed by atoms with Gasteiger partial charge in [-0.3, -0.25) is 9.69 Å². The summed E-state index contributed by atoms with van der Waals surface area (Å²) in [4.78, 5) is 26.8. The van der Waals surface area contributed by atoms with Gasteiger partial charge in [0.05, 0.1) is 12.7 Å². The summed E-state index contributed by atoms with van der Waals surface area (Å²) in [6, 6.07) is 14.0. The lowest BCUT2D eigenvalue weighted by atomic mass is 9.91. The fraction of sp³-hybridized carbons (Fsp3) is 0.417. The number of nitrogens with one attached hydrogen (secondary N) is 1. The second kappa shape index (κ2) is 8.78. The van der Waals surface area contributed by atoms with Crippen LogP contribution in [-0.2, 0) is 24.1 Å². The van der Waals surface area contributed by atoms with Gasteiger partial charge in [0, 0.05) is 31.2 Å². The molecule has 1 N–H and O–H groups in total. The number of amides is 1. The molecule has 0 aromatic heterocycles. The molecule has 2 aromatic carbocycles. The summed E-state index contributed by atoms with van der Waals surface area (Å²) < 4.78 is 4.70. The average molecular weight is 392 g/mol. The van der Waals surface area contributed by atoms with E-state index in [-0.39, 0.29) is 11.9 Å². The van der Waals surface area contributed by atoms with Crippen molar-refractivity contribution in [3.63, 3.8) is 0 Å². The third kappa shape index (κ3) is 4.51. The summed E-state index contributed by atoms with van der Waals surface area (Å²) in [5, 5.41) is 2.98. The minimum Gasteiger partial charge on any atom is -0.465 e. The minimum absolute atomic E-state index is 0.0649. The number of esters is 1. The predicted octanol–water partition coefficient (Wildman–Crippen LogP) is 3.36. The molecule has 0 spiro atoms. The molecule has 1 saturated carbocycles. The number of methoxy groups -OCH3 is 1. The number of fused-ring (bicyclic) bond motifs is 1. The van der Waals surface area contributed by atoms with E-state index in [9.17, 15) is 9.59 Å². The van der Waals surface area contributed by atoms with Gasteiger partial charge in [0.1, 0.15) is 0 Å². The lowest BCUT2D eigenvalue weighted by Gasteiger charge is -2.36. The Morgan fingerprint density at radius 2 is 1.69 bits per heavy atom. The highest BCUT2D eigenvalue weighted by atomic mass is 16.5. The SMILES string of the molecule is COC(=O)c1ccc(CNC(=O)c2ccc3c(c2)CCN(C2CCC2)CC3)cc1. The van der Waals surface area contributed by atoms with Crippen molar-refractivity contribution in [3.8, 4) is 0 Å². The van der Waals surface area contributed by atoms with E-state index in [0.717, 1.165) is 37.5 Å². The third-order valence-corrected chi connectivity index (χ3v) is 6.22. The summed E-state index contributed by atoms with van der Waals surface area (Å²) in [7, 11) is 1.36. The van der Waals surface area contributed by atoms with Crippen LogP contribution >= 0.6 is 0 Å². The van der Waals surface area contributed by atoms with Gasteiger partial charge in [0.25, 0.3) is 5.91 Å². The molecule has 1 fully saturated rings. The minimum atomic E-state index is -0.360. The number of hydrogen-bond acceptors (Lipinski definition) is 4. The first kappa shape index (κ1) is 19.6. The first-order valence-corrected chi connectivity index (χ1v) is 10.5. The van der Waals surface area contributed by atoms with Crippen LogP contribution in [0.2, 0.25) is 0 Å². The van der Waals surface area contributed by atoms with E-state index in [1.54, 1.807) is 12.1 Å². The van der Waals surface area contributed by atoms with Gasteiger partial charge in [-0.05, 0) is 66.6 Å². The Labute approximate surface area is 172 Å². The number of carbonyl (C=O) groups is 2. The Kier molecular flexibility index (Phi) is 5.95. The first-order chi connectivity index (χ1) is 14.1. The summed E-state index contributed by atoms with van der Waals surface area (Å²) in [6.45, 7) is 2.65. The van der Waals surface area contributed by atoms with Gasteiger partial charge in [-0.1, -0.05) is 24.6 Å². The number of rotatable bonds is 5. The molecule has 1 aliphatic heterocycles. The highest BCUT2D eigenvalue weighted by molar-refractivity contribution is 5.94. The van der Waals surface area contributed by atoms with Gasteiger partial charge in [-0.2, -0.15) is 0 Å². The van der Waals surface area contributed by atoms with Crippen molar-refractivity contribution >= 4 is 11.9 Å². The molecule has 0 unspecified atom stereocenters. The standard InChI is InChI=1S/C24H28N2O3/c1-29-24(28)19-7-5-17(6-8-19)16-25-23(27)21-10-9-18-11-13-26(22-3-2-4-22)14-12-20(18)15-21/h5-10,15,22H,2-4,11-14,16H2,1H3,(H,25,27). The van der Waals surface area contributed by atoms with Crippen molar-refractivity contribution < 1.29 is 14.3 Å². The molecule has 4 rings (SSSR count). The quantitative estimate of drug-likeness (QED) is 0.793. The Bertz CT molecular complexity index is 887. The molecule has 1 amide bonds. The smallest absolute Gasteiger partial charge is 0.337 e. The second-order valence-corrected chi connectivity index (χ2v) is 7.98. The summed E-state index contributed by atoms with van der Waals surface area (Å²) in [5.74, 6) is -0.425. The summed E-state index contributed by atoms with van der Waals surface area (Å²) in [6.07, 6.45) is 6.13. The van der Waals surface area contributed by atoms with Crippen LogP contribution in [0.3, 0.4) is 0 Å². The number of carbonyl (C=O) groups excluding carboxylic acids is 2. The molecule has 0 bridgehead atoms. The van der Waals surface area contributed by atoms with Crippen LogP contribution in [0.25, 0.3) is 0 Å². The normalized spacial score (nSPS) is 17.0. The van der Waals surface area contributed by atoms with Gasteiger partial charge in [0.15, 0.2) is 0 Å². The fourth-order valence-electron chi connectivity index (χ4n) is 4.16. The zero-order valence-corrected chi connectivity index (χ0v) is 16.9. The van der Waals surface area contributed by atoms with Crippen LogP contribution < -0.4 is 5.32 Å². The molecule has 5 heteroatoms. The largest absolute Gasteiger partial charge is 0.465 e. The van der Waals surface area contributed by atoms with E-state index >= 15 is 0 Å². The topological polar surface area (TPSA) is 58.6 Å². The zero-order chi connectivity index (χ0) is 20.2. The number of benzene rings is 2. The van der Waals surface area contributed by atoms with E-state index in [1.807, 2.05) is 18.2 Å². The Morgan fingerprint density at radius 1 is 1.00 bits per heavy atom. The van der Waals surface area contributed by atoms with Crippen LogP contribution in [0.15, 0.2) is 42.5 Å². The molecule has 29 heavy (non-hydrogen) atoms. The van der Waals surface area contributed by atoms with E-state index in [2.05, 4.69) is 22.3 Å². The molecular formula is C24H28N2O3. The Balaban J connectivity index is 1.36. The molecule has 0 atom stereocenters. The second-order valence-electron chi connectivity index (χ2n) is 7.98. The molecule has 2 aromatic rings. The van der Waals surface area contributed by atoms with Gasteiger partial charge < -0.3 is 10.1 Å². The molecule has 152 valence electrons. The Hall–Kier alpha value is -2.66. The molecule has 1 aliphatic carbocycles. The number of ether oxygens (including phenoxy) is 1. The van der Waals surface area contributed by atoms with Gasteiger partial charge in [-0.15, -0.1) is 0 Å². The highest BCUT2D eigenvalue weighted by Gasteiger charge is 2.26. The van der Waals surface area contributed by atoms with Crippen molar-refractivity contribution in [2.75, 3.05) is 20.2 Å². The van der Waals surface area contributed by atoms with Crippen LogP contribution in [0.5, 0.6) is 0 Å². The summed E-state index contributed by atoms with van der Waals surface area (Å²) >= 11 is 0. The van der Waals surface area contributed by atoms with E-state index in [1.165, 1.54) is 37.5 Å². The lowest BCUT2D eigenvalue weighted by Crippen LogP contribution is -2.41. The average Bonchev–Trinajstić information content (AvgIpc) is 2.93. The van der Waals surface area contributed by atoms with Crippen LogP contribution in [0.1, 0.15) is 56.7 Å². The van der Waals surface area contributed by atoms with E-state index in [0.29, 0.717) is 17.7 Å². The van der Waals surface area contributed by atoms with E-state index in [4.69, 9.17) is 4.74 Å². The van der Waals surface area contributed by atoms with Crippen molar-refractivity contribution in [1.82, 2.24) is 10.2 Å². The molecule has 1 heterocycles. The number of nitrogens with zero attached hydrogens (tertiary/aromatic N) is 1. The predicted molar refractivity (Wildman–Crippen MR) is 112 cm³/mol. The molecule has 0 saturated heterocycles. The lowest BCUT2D eigenvalue weighted by molar-refractivity contribution is 0.0600. The van der Waals surface area contributed by atoms with E-state index < -0.39 is 0 Å². The van der Waals surface area contributed by atoms with Crippen LogP contribution in [0.4, 0.5) is 0 Å². The highest BCUT2D eigenvalue weighted by Crippen LogP contribution is 2.27. The van der Waals surface area contributed by atoms with Crippen LogP contribution in [0, 0.1) is 0 Å². The Morgan fingerprint density at radius 3 is 2.34 bits per heavy atom. The maximum absolute atomic E-state index is 12.6. The molecule has 5 nitrogen and oxygen atoms in total. The molecule has 2 aliphatic rings. The van der Waals surface area contributed by atoms with Crippen LogP contribution in [-0.4, -0.2) is 43.0 Å².